The van der Waals surface area contributed by atoms with Gasteiger partial charge in [-0.1, -0.05) is 19.9 Å². The molecule has 0 aromatic carbocycles. The Morgan fingerprint density at radius 2 is 1.26 bits per heavy atom. The minimum absolute atomic E-state index is 0. The van der Waals surface area contributed by atoms with Gasteiger partial charge in [0.05, 0.1) is 0 Å². The van der Waals surface area contributed by atoms with Crippen LogP contribution >= 0.6 is 0 Å². The molecule has 4 nitrogen and oxygen atoms in total. The zero-order valence-corrected chi connectivity index (χ0v) is 17.2. The largest absolute Gasteiger partial charge is 0.528 e. The van der Waals surface area contributed by atoms with Crippen LogP contribution in [0.15, 0.2) is 12.3 Å². The first-order valence-corrected chi connectivity index (χ1v) is 6.37. The molecule has 0 radical (unpaired) electrons. The molecular formula is C14H32HfNO3-. The molecule has 5 heteroatoms. The second-order valence-electron chi connectivity index (χ2n) is 4.18. The van der Waals surface area contributed by atoms with Crippen molar-refractivity contribution in [1.82, 2.24) is 4.90 Å². The van der Waals surface area contributed by atoms with Crippen LogP contribution in [0.4, 0.5) is 0 Å². The van der Waals surface area contributed by atoms with Gasteiger partial charge in [-0.25, -0.2) is 6.04 Å². The van der Waals surface area contributed by atoms with Crippen LogP contribution in [0.5, 0.6) is 0 Å². The van der Waals surface area contributed by atoms with Gasteiger partial charge in [0.25, 0.3) is 0 Å². The summed E-state index contributed by atoms with van der Waals surface area (Å²) >= 11 is 0. The summed E-state index contributed by atoms with van der Waals surface area (Å²) in [6, 6.07) is 1.42. The van der Waals surface area contributed by atoms with Crippen molar-refractivity contribution in [1.29, 1.82) is 0 Å². The fraction of sp³-hybridized carbons (Fsp3) is 0.786. The molecule has 0 atom stereocenters. The SMILES string of the molecule is CCO.CCO.CCO.C[C-]1N(C)C=CC1(C)C.[Hf]. The van der Waals surface area contributed by atoms with Gasteiger partial charge in [-0.05, 0) is 34.0 Å². The Labute approximate surface area is 138 Å². The molecule has 1 heterocycles. The molecule has 1 aliphatic rings. The van der Waals surface area contributed by atoms with Crippen molar-refractivity contribution >= 4 is 0 Å². The molecule has 116 valence electrons. The van der Waals surface area contributed by atoms with Crippen molar-refractivity contribution in [3.63, 3.8) is 0 Å². The molecule has 0 aliphatic carbocycles. The first-order chi connectivity index (χ1) is 8.28. The van der Waals surface area contributed by atoms with E-state index in [1.54, 1.807) is 20.8 Å². The minimum atomic E-state index is 0. The molecule has 19 heavy (non-hydrogen) atoms. The maximum Gasteiger partial charge on any atom is 0.0402 e. The molecule has 0 saturated carbocycles. The summed E-state index contributed by atoms with van der Waals surface area (Å²) in [5.41, 5.74) is 0.286. The van der Waals surface area contributed by atoms with Gasteiger partial charge in [0.2, 0.25) is 0 Å². The zero-order chi connectivity index (χ0) is 15.2. The third-order valence-corrected chi connectivity index (χ3v) is 2.18. The summed E-state index contributed by atoms with van der Waals surface area (Å²) in [7, 11) is 2.08. The number of hydrogen-bond acceptors (Lipinski definition) is 4. The summed E-state index contributed by atoms with van der Waals surface area (Å²) in [6.07, 6.45) is 4.34. The van der Waals surface area contributed by atoms with Gasteiger partial charge < -0.3 is 20.2 Å². The number of nitrogens with zero attached hydrogens (tertiary/aromatic N) is 1. The van der Waals surface area contributed by atoms with E-state index in [-0.39, 0.29) is 51.1 Å². The molecular weight excluding hydrogens is 409 g/mol. The maximum atomic E-state index is 7.57. The molecule has 0 aromatic rings. The Balaban J connectivity index is -0.0000000956. The van der Waals surface area contributed by atoms with Crippen LogP contribution in [-0.2, 0) is 25.8 Å². The summed E-state index contributed by atoms with van der Waals surface area (Å²) in [4.78, 5) is 2.17. The third kappa shape index (κ3) is 18.3. The quantitative estimate of drug-likeness (QED) is 0.398. The van der Waals surface area contributed by atoms with Crippen LogP contribution in [0.25, 0.3) is 0 Å². The Morgan fingerprint density at radius 1 is 1.00 bits per heavy atom. The van der Waals surface area contributed by atoms with Gasteiger partial charge in [-0.2, -0.15) is 6.92 Å². The van der Waals surface area contributed by atoms with E-state index in [0.29, 0.717) is 0 Å². The number of rotatable bonds is 0. The second-order valence-corrected chi connectivity index (χ2v) is 4.18. The molecule has 0 aromatic heterocycles. The summed E-state index contributed by atoms with van der Waals surface area (Å²) < 4.78 is 0. The topological polar surface area (TPSA) is 63.9 Å². The van der Waals surface area contributed by atoms with Gasteiger partial charge in [0, 0.05) is 45.7 Å². The van der Waals surface area contributed by atoms with Gasteiger partial charge >= 0.3 is 0 Å². The summed E-state index contributed by atoms with van der Waals surface area (Å²) in [5, 5.41) is 22.7. The molecule has 1 rings (SSSR count). The first kappa shape index (κ1) is 27.6. The minimum Gasteiger partial charge on any atom is -0.528 e. The summed E-state index contributed by atoms with van der Waals surface area (Å²) in [6.45, 7) is 12.4. The molecule has 1 aliphatic heterocycles. The van der Waals surface area contributed by atoms with E-state index in [0.717, 1.165) is 0 Å². The van der Waals surface area contributed by atoms with Crippen LogP contribution in [-0.4, -0.2) is 47.1 Å². The van der Waals surface area contributed by atoms with Gasteiger partial charge in [0.15, 0.2) is 0 Å². The van der Waals surface area contributed by atoms with E-state index < -0.39 is 0 Å². The molecule has 0 amide bonds. The first-order valence-electron chi connectivity index (χ1n) is 6.37. The average Bonchev–Trinajstić information content (AvgIpc) is 2.49. The van der Waals surface area contributed by atoms with E-state index in [1.807, 2.05) is 0 Å². The van der Waals surface area contributed by atoms with Crippen molar-refractivity contribution in [2.75, 3.05) is 26.9 Å². The van der Waals surface area contributed by atoms with E-state index in [2.05, 4.69) is 45.0 Å². The van der Waals surface area contributed by atoms with Gasteiger partial charge in [-0.15, -0.1) is 5.41 Å². The third-order valence-electron chi connectivity index (χ3n) is 2.18. The monoisotopic (exact) mass is 442 g/mol. The molecule has 0 fully saturated rings. The maximum absolute atomic E-state index is 7.57. The average molecular weight is 441 g/mol. The smallest absolute Gasteiger partial charge is 0.0402 e. The van der Waals surface area contributed by atoms with E-state index >= 15 is 0 Å². The fourth-order valence-electron chi connectivity index (χ4n) is 0.985. The molecule has 0 unspecified atom stereocenters. The van der Waals surface area contributed by atoms with Gasteiger partial charge in [0.1, 0.15) is 0 Å². The van der Waals surface area contributed by atoms with Crippen molar-refractivity contribution in [3.8, 4) is 0 Å². The van der Waals surface area contributed by atoms with Crippen molar-refractivity contribution in [2.24, 2.45) is 5.41 Å². The molecule has 0 saturated heterocycles. The van der Waals surface area contributed by atoms with Crippen LogP contribution in [0.3, 0.4) is 0 Å². The van der Waals surface area contributed by atoms with Crippen LogP contribution in [0.1, 0.15) is 41.5 Å². The molecule has 0 spiro atoms. The van der Waals surface area contributed by atoms with Crippen molar-refractivity contribution in [2.45, 2.75) is 41.5 Å². The van der Waals surface area contributed by atoms with E-state index in [1.165, 1.54) is 6.04 Å². The molecule has 3 N–H and O–H groups in total. The fourth-order valence-corrected chi connectivity index (χ4v) is 0.985. The standard InChI is InChI=1S/C8H14N.3C2H6O.Hf/c1-7-8(2,3)5-6-9(7)4;3*1-2-3;/h5-6H,1-4H3;3*3H,2H2,1H3;/q-1;;;;. The van der Waals surface area contributed by atoms with E-state index in [9.17, 15) is 0 Å². The van der Waals surface area contributed by atoms with Crippen LogP contribution in [0, 0.1) is 11.5 Å². The van der Waals surface area contributed by atoms with Crippen molar-refractivity contribution in [3.05, 3.63) is 18.3 Å². The number of aliphatic hydroxyl groups excluding tert-OH is 3. The second kappa shape index (κ2) is 18.3. The predicted octanol–water partition coefficient (Wildman–Crippen LogP) is 2.02. The summed E-state index contributed by atoms with van der Waals surface area (Å²) in [5.74, 6) is 0. The predicted molar refractivity (Wildman–Crippen MR) is 77.9 cm³/mol. The number of aliphatic hydroxyl groups is 3. The Bertz CT molecular complexity index is 183. The normalized spacial score (nSPS) is 14.9. The van der Waals surface area contributed by atoms with Crippen molar-refractivity contribution < 1.29 is 41.2 Å². The zero-order valence-electron chi connectivity index (χ0n) is 13.6. The Morgan fingerprint density at radius 3 is 1.32 bits per heavy atom. The Kier molecular flexibility index (Phi) is 26.6. The van der Waals surface area contributed by atoms with Crippen LogP contribution < -0.4 is 0 Å². The molecule has 0 bridgehead atoms. The van der Waals surface area contributed by atoms with Gasteiger partial charge in [-0.3, -0.25) is 0 Å². The number of hydrogen-bond donors (Lipinski definition) is 3. The van der Waals surface area contributed by atoms with Crippen LogP contribution in [0.2, 0.25) is 0 Å². The van der Waals surface area contributed by atoms with E-state index in [4.69, 9.17) is 15.3 Å². The Hall–Kier alpha value is 0.290.